The lowest BCUT2D eigenvalue weighted by molar-refractivity contribution is -0.157. The van der Waals surface area contributed by atoms with Crippen LogP contribution in [0.1, 0.15) is 58.8 Å². The van der Waals surface area contributed by atoms with Crippen molar-refractivity contribution in [2.75, 3.05) is 12.3 Å². The number of hydrogen-bond donors (Lipinski definition) is 2. The Morgan fingerprint density at radius 1 is 1.46 bits per heavy atom. The van der Waals surface area contributed by atoms with Crippen LogP contribution in [0.4, 0.5) is 5.82 Å². The largest absolute Gasteiger partial charge is 0.419 e. The zero-order valence-electron chi connectivity index (χ0n) is 21.4. The molecule has 13 heteroatoms. The Kier molecular flexibility index (Phi) is 8.56. The smallest absolute Gasteiger partial charge is 0.286 e. The molecular weight excluding hydrogens is 533 g/mol. The summed E-state index contributed by atoms with van der Waals surface area (Å²) in [5.41, 5.74) is 8.43. The predicted molar refractivity (Wildman–Crippen MR) is 146 cm³/mol. The lowest BCUT2D eigenvalue weighted by Gasteiger charge is -2.41. The maximum atomic E-state index is 10.9. The lowest BCUT2D eigenvalue weighted by atomic mass is 9.77. The Labute approximate surface area is 226 Å². The van der Waals surface area contributed by atoms with Crippen LogP contribution in [0.5, 0.6) is 0 Å². The van der Waals surface area contributed by atoms with Gasteiger partial charge in [0.25, 0.3) is 6.26 Å². The zero-order valence-corrected chi connectivity index (χ0v) is 24.1. The van der Waals surface area contributed by atoms with Gasteiger partial charge in [-0.2, -0.15) is 10.4 Å². The molecular formula is C24H34N5O5PS2. The van der Waals surface area contributed by atoms with E-state index in [1.54, 1.807) is 24.6 Å². The molecule has 1 saturated carbocycles. The molecule has 0 amide bonds. The summed E-state index contributed by atoms with van der Waals surface area (Å²) in [6.07, 6.45) is 1.23. The minimum atomic E-state index is -1.81. The third-order valence-corrected chi connectivity index (χ3v) is 12.0. The SMILES string of the molecule is C=C(C)[C@H]1CC[C@@](C)(S[PH](=S)OC[C@@H](OC#N)[C@H]2OC(C)(C)O[C@H]2c2ccc3c(N)ncnn23)[C@H](O)C1. The minimum absolute atomic E-state index is 0.0416. The van der Waals surface area contributed by atoms with E-state index in [1.807, 2.05) is 26.0 Å². The molecule has 3 N–H and O–H groups in total. The summed E-state index contributed by atoms with van der Waals surface area (Å²) >= 11 is 7.22. The first-order chi connectivity index (χ1) is 17.4. The normalized spacial score (nSPS) is 31.0. The van der Waals surface area contributed by atoms with Crippen molar-refractivity contribution < 1.29 is 23.8 Å². The van der Waals surface area contributed by atoms with Gasteiger partial charge in [0.05, 0.1) is 18.4 Å². The van der Waals surface area contributed by atoms with E-state index in [-0.39, 0.29) is 6.61 Å². The Morgan fingerprint density at radius 3 is 2.89 bits per heavy atom. The summed E-state index contributed by atoms with van der Waals surface area (Å²) in [5.74, 6) is -0.276. The highest BCUT2D eigenvalue weighted by molar-refractivity contribution is 8.63. The predicted octanol–water partition coefficient (Wildman–Crippen LogP) is 4.12. The molecule has 37 heavy (non-hydrogen) atoms. The number of aliphatic hydroxyl groups is 1. The average Bonchev–Trinajstić information content (AvgIpc) is 3.39. The second-order valence-corrected chi connectivity index (χ2v) is 15.8. The molecule has 1 aliphatic heterocycles. The highest BCUT2D eigenvalue weighted by atomic mass is 32.9. The fourth-order valence-corrected chi connectivity index (χ4v) is 10.3. The Bertz CT molecular complexity index is 1220. The number of fused-ring (bicyclic) bond motifs is 1. The molecule has 2 fully saturated rings. The van der Waals surface area contributed by atoms with E-state index in [2.05, 4.69) is 16.7 Å². The van der Waals surface area contributed by atoms with Crippen molar-refractivity contribution in [2.45, 2.75) is 81.9 Å². The second-order valence-electron chi connectivity index (χ2n) is 10.3. The summed E-state index contributed by atoms with van der Waals surface area (Å²) < 4.78 is 25.2. The van der Waals surface area contributed by atoms with E-state index in [4.69, 9.17) is 36.3 Å². The number of anilines is 1. The molecule has 2 aromatic rings. The van der Waals surface area contributed by atoms with Gasteiger partial charge in [-0.25, -0.2) is 9.50 Å². The molecule has 0 bridgehead atoms. The summed E-state index contributed by atoms with van der Waals surface area (Å²) in [5, 5.41) is 24.6. The number of aromatic nitrogens is 3. The van der Waals surface area contributed by atoms with E-state index in [0.717, 1.165) is 18.4 Å². The number of nitrogen functional groups attached to an aromatic ring is 1. The molecule has 2 aliphatic rings. The second kappa shape index (κ2) is 11.2. The van der Waals surface area contributed by atoms with Crippen molar-refractivity contribution in [3.63, 3.8) is 0 Å². The van der Waals surface area contributed by atoms with Crippen molar-refractivity contribution in [1.82, 2.24) is 14.6 Å². The first kappa shape index (κ1) is 28.3. The molecule has 0 aromatic carbocycles. The van der Waals surface area contributed by atoms with Crippen LogP contribution < -0.4 is 5.73 Å². The van der Waals surface area contributed by atoms with E-state index in [9.17, 15) is 10.4 Å². The first-order valence-electron chi connectivity index (χ1n) is 12.1. The minimum Gasteiger partial charge on any atom is -0.419 e. The van der Waals surface area contributed by atoms with Gasteiger partial charge in [-0.3, -0.25) is 0 Å². The van der Waals surface area contributed by atoms with Crippen LogP contribution in [0.3, 0.4) is 0 Å². The maximum Gasteiger partial charge on any atom is 0.286 e. The molecule has 3 heterocycles. The molecule has 2 aromatic heterocycles. The quantitative estimate of drug-likeness (QED) is 0.257. The van der Waals surface area contributed by atoms with Gasteiger partial charge in [0.2, 0.25) is 0 Å². The topological polar surface area (TPSA) is 137 Å². The number of nitrogens with two attached hydrogens (primary N) is 1. The standard InChI is InChI=1S/C24H34N5O5PS2/c1-14(2)15-8-9-24(5,19(30)10-15)37-35(36)32-11-18(31-12-25)21-20(33-23(3,4)34-21)16-6-7-17-22(26)27-13-28-29(16)17/h6-7,13,15,18-21,30,35H,1,8-11H2,2-5H3,(H2,26,27,28)/t15-,18+,19+,20-,21+,24+/m0/s1. The molecule has 0 radical (unpaired) electrons. The van der Waals surface area contributed by atoms with Gasteiger partial charge in [0.1, 0.15) is 30.2 Å². The van der Waals surface area contributed by atoms with Crippen molar-refractivity contribution in [3.05, 3.63) is 36.3 Å². The van der Waals surface area contributed by atoms with Crippen LogP contribution in [-0.2, 0) is 30.5 Å². The van der Waals surface area contributed by atoms with Gasteiger partial charge in [0.15, 0.2) is 17.7 Å². The van der Waals surface area contributed by atoms with E-state index < -0.39 is 41.1 Å². The number of allylic oxidation sites excluding steroid dienone is 1. The average molecular weight is 568 g/mol. The maximum absolute atomic E-state index is 10.9. The van der Waals surface area contributed by atoms with Crippen molar-refractivity contribution in [2.24, 2.45) is 5.92 Å². The fourth-order valence-electron chi connectivity index (χ4n) is 4.94. The Hall–Kier alpha value is -1.71. The van der Waals surface area contributed by atoms with Crippen LogP contribution in [0.25, 0.3) is 5.52 Å². The molecule has 202 valence electrons. The monoisotopic (exact) mass is 567 g/mol. The van der Waals surface area contributed by atoms with Gasteiger partial charge in [-0.1, -0.05) is 35.3 Å². The van der Waals surface area contributed by atoms with Gasteiger partial charge >= 0.3 is 0 Å². The third-order valence-electron chi connectivity index (χ3n) is 7.08. The third kappa shape index (κ3) is 6.14. The van der Waals surface area contributed by atoms with Crippen LogP contribution in [0.15, 0.2) is 30.6 Å². The van der Waals surface area contributed by atoms with Crippen molar-refractivity contribution in [1.29, 1.82) is 5.26 Å². The van der Waals surface area contributed by atoms with Gasteiger partial charge in [0, 0.05) is 4.75 Å². The van der Waals surface area contributed by atoms with E-state index >= 15 is 0 Å². The summed E-state index contributed by atoms with van der Waals surface area (Å²) in [6.45, 7) is 11.7. The number of nitrogens with zero attached hydrogens (tertiary/aromatic N) is 4. The van der Waals surface area contributed by atoms with Gasteiger partial charge in [-0.05, 0) is 65.0 Å². The number of ether oxygens (including phenoxy) is 3. The molecule has 7 atom stereocenters. The van der Waals surface area contributed by atoms with Crippen LogP contribution in [-0.4, -0.2) is 55.2 Å². The number of aliphatic hydroxyl groups excluding tert-OH is 1. The van der Waals surface area contributed by atoms with Crippen molar-refractivity contribution in [3.8, 4) is 6.26 Å². The van der Waals surface area contributed by atoms with E-state index in [0.29, 0.717) is 29.4 Å². The highest BCUT2D eigenvalue weighted by Crippen LogP contribution is 2.55. The molecule has 1 saturated heterocycles. The molecule has 1 unspecified atom stereocenters. The highest BCUT2D eigenvalue weighted by Gasteiger charge is 2.49. The number of hydrogen-bond acceptors (Lipinski definition) is 11. The zero-order chi connectivity index (χ0) is 27.0. The summed E-state index contributed by atoms with van der Waals surface area (Å²) in [4.78, 5) is 4.03. The van der Waals surface area contributed by atoms with Gasteiger partial charge in [-0.15, -0.1) is 0 Å². The van der Waals surface area contributed by atoms with Gasteiger partial charge < -0.3 is 29.6 Å². The van der Waals surface area contributed by atoms with Crippen LogP contribution in [0, 0.1) is 17.4 Å². The first-order valence-corrected chi connectivity index (χ1v) is 16.2. The Balaban J connectivity index is 1.47. The van der Waals surface area contributed by atoms with Crippen LogP contribution >= 0.6 is 17.5 Å². The molecule has 0 spiro atoms. The molecule has 1 aliphatic carbocycles. The van der Waals surface area contributed by atoms with E-state index in [1.165, 1.54) is 17.7 Å². The summed E-state index contributed by atoms with van der Waals surface area (Å²) in [7, 11) is 0. The Morgan fingerprint density at radius 2 is 2.22 bits per heavy atom. The molecule has 4 rings (SSSR count). The fraction of sp³-hybridized carbons (Fsp3) is 0.625. The number of nitriles is 1. The lowest BCUT2D eigenvalue weighted by Crippen LogP contribution is -2.41. The summed E-state index contributed by atoms with van der Waals surface area (Å²) in [6, 6.07) is 3.65. The van der Waals surface area contributed by atoms with Crippen LogP contribution in [0.2, 0.25) is 0 Å². The number of rotatable bonds is 9. The molecule has 10 nitrogen and oxygen atoms in total. The van der Waals surface area contributed by atoms with Crippen molar-refractivity contribution >= 4 is 40.6 Å².